The van der Waals surface area contributed by atoms with Gasteiger partial charge in [0.1, 0.15) is 5.75 Å². The van der Waals surface area contributed by atoms with Crippen molar-refractivity contribution in [3.8, 4) is 5.75 Å². The highest BCUT2D eigenvalue weighted by Gasteiger charge is 2.22. The third-order valence-electron chi connectivity index (χ3n) is 3.64. The zero-order chi connectivity index (χ0) is 15.0. The largest absolute Gasteiger partial charge is 0.497 e. The number of benzene rings is 2. The van der Waals surface area contributed by atoms with E-state index in [4.69, 9.17) is 22.1 Å². The van der Waals surface area contributed by atoms with Crippen molar-refractivity contribution in [1.29, 1.82) is 0 Å². The molecule has 3 rings (SSSR count). The van der Waals surface area contributed by atoms with Gasteiger partial charge in [-0.1, -0.05) is 23.7 Å². The highest BCUT2D eigenvalue weighted by Crippen LogP contribution is 2.34. The first-order chi connectivity index (χ1) is 10.1. The Kier molecular flexibility index (Phi) is 3.57. The Morgan fingerprint density at radius 3 is 2.90 bits per heavy atom. The summed E-state index contributed by atoms with van der Waals surface area (Å²) in [5, 5.41) is 3.33. The molecule has 0 bridgehead atoms. The second-order valence-corrected chi connectivity index (χ2v) is 5.42. The van der Waals surface area contributed by atoms with E-state index in [0.717, 1.165) is 28.1 Å². The van der Waals surface area contributed by atoms with Crippen molar-refractivity contribution >= 4 is 23.2 Å². The maximum absolute atomic E-state index is 11.4. The molecule has 1 aliphatic rings. The minimum absolute atomic E-state index is 0.0202. The van der Waals surface area contributed by atoms with Crippen LogP contribution >= 0.6 is 11.6 Å². The fraction of sp³-hybridized carbons (Fsp3) is 0.188. The van der Waals surface area contributed by atoms with E-state index < -0.39 is 0 Å². The van der Waals surface area contributed by atoms with Gasteiger partial charge in [0.2, 0.25) is 5.91 Å². The lowest BCUT2D eigenvalue weighted by atomic mass is 9.97. The van der Waals surface area contributed by atoms with E-state index in [9.17, 15) is 4.79 Å². The Bertz CT molecular complexity index is 715. The standard InChI is InChI=1S/C16H15ClN2O2/c1-21-11-4-2-3-9(5-11)16(18)12-6-10-7-15(20)19-14(10)8-13(12)17/h2-6,8,16H,7,18H2,1H3,(H,19,20). The van der Waals surface area contributed by atoms with Gasteiger partial charge < -0.3 is 15.8 Å². The number of carbonyl (C=O) groups excluding carboxylic acids is 1. The molecule has 2 aromatic carbocycles. The van der Waals surface area contributed by atoms with Crippen molar-refractivity contribution in [3.63, 3.8) is 0 Å². The third-order valence-corrected chi connectivity index (χ3v) is 3.96. The number of nitrogens with two attached hydrogens (primary N) is 1. The number of rotatable bonds is 3. The fourth-order valence-corrected chi connectivity index (χ4v) is 2.80. The zero-order valence-corrected chi connectivity index (χ0v) is 12.3. The van der Waals surface area contributed by atoms with Gasteiger partial charge in [-0.2, -0.15) is 0 Å². The van der Waals surface area contributed by atoms with Crippen LogP contribution in [0.1, 0.15) is 22.7 Å². The van der Waals surface area contributed by atoms with Gasteiger partial charge in [0.25, 0.3) is 0 Å². The van der Waals surface area contributed by atoms with Gasteiger partial charge in [-0.3, -0.25) is 4.79 Å². The van der Waals surface area contributed by atoms with Gasteiger partial charge in [0, 0.05) is 10.7 Å². The summed E-state index contributed by atoms with van der Waals surface area (Å²) in [4.78, 5) is 11.4. The van der Waals surface area contributed by atoms with Crippen molar-refractivity contribution < 1.29 is 9.53 Å². The molecular weight excluding hydrogens is 288 g/mol. The van der Waals surface area contributed by atoms with Gasteiger partial charge in [-0.25, -0.2) is 0 Å². The SMILES string of the molecule is COc1cccc(C(N)c2cc3c(cc2Cl)NC(=O)C3)c1. The van der Waals surface area contributed by atoms with Crippen LogP contribution in [0.5, 0.6) is 5.75 Å². The number of amides is 1. The van der Waals surface area contributed by atoms with Crippen LogP contribution in [0.25, 0.3) is 0 Å². The van der Waals surface area contributed by atoms with Crippen LogP contribution in [0.2, 0.25) is 5.02 Å². The van der Waals surface area contributed by atoms with Gasteiger partial charge >= 0.3 is 0 Å². The smallest absolute Gasteiger partial charge is 0.228 e. The highest BCUT2D eigenvalue weighted by atomic mass is 35.5. The summed E-state index contributed by atoms with van der Waals surface area (Å²) in [6.45, 7) is 0. The second-order valence-electron chi connectivity index (χ2n) is 5.01. The maximum atomic E-state index is 11.4. The Hall–Kier alpha value is -2.04. The summed E-state index contributed by atoms with van der Waals surface area (Å²) < 4.78 is 5.22. The molecule has 108 valence electrons. The molecular formula is C16H15ClN2O2. The number of carbonyl (C=O) groups is 1. The lowest BCUT2D eigenvalue weighted by Crippen LogP contribution is -2.13. The van der Waals surface area contributed by atoms with Gasteiger partial charge in [-0.05, 0) is 41.0 Å². The Morgan fingerprint density at radius 1 is 1.33 bits per heavy atom. The molecule has 0 spiro atoms. The lowest BCUT2D eigenvalue weighted by Gasteiger charge is -2.16. The van der Waals surface area contributed by atoms with E-state index >= 15 is 0 Å². The van der Waals surface area contributed by atoms with Crippen LogP contribution in [0, 0.1) is 0 Å². The monoisotopic (exact) mass is 302 g/mol. The summed E-state index contributed by atoms with van der Waals surface area (Å²) in [6.07, 6.45) is 0.365. The van der Waals surface area contributed by atoms with Crippen LogP contribution in [-0.4, -0.2) is 13.0 Å². The first kappa shape index (κ1) is 13.9. The molecule has 0 saturated carbocycles. The van der Waals surface area contributed by atoms with E-state index in [1.807, 2.05) is 30.3 Å². The summed E-state index contributed by atoms with van der Waals surface area (Å²) >= 11 is 6.31. The predicted molar refractivity (Wildman–Crippen MR) is 82.8 cm³/mol. The summed E-state index contributed by atoms with van der Waals surface area (Å²) in [5.41, 5.74) is 9.74. The van der Waals surface area contributed by atoms with Crippen LogP contribution in [0.4, 0.5) is 5.69 Å². The number of ether oxygens (including phenoxy) is 1. The minimum atomic E-state index is -0.367. The number of fused-ring (bicyclic) bond motifs is 1. The number of nitrogens with one attached hydrogen (secondary N) is 1. The molecule has 1 heterocycles. The number of halogens is 1. The highest BCUT2D eigenvalue weighted by molar-refractivity contribution is 6.32. The average Bonchev–Trinajstić information content (AvgIpc) is 2.84. The van der Waals surface area contributed by atoms with E-state index in [1.165, 1.54) is 0 Å². The normalized spacial score (nSPS) is 14.5. The molecule has 21 heavy (non-hydrogen) atoms. The molecule has 3 N–H and O–H groups in total. The Labute approximate surface area is 127 Å². The molecule has 0 aromatic heterocycles. The molecule has 2 aromatic rings. The van der Waals surface area contributed by atoms with Gasteiger partial charge in [0.05, 0.1) is 19.6 Å². The van der Waals surface area contributed by atoms with Crippen molar-refractivity contribution in [2.45, 2.75) is 12.5 Å². The quantitative estimate of drug-likeness (QED) is 0.916. The summed E-state index contributed by atoms with van der Waals surface area (Å²) in [5.74, 6) is 0.727. The van der Waals surface area contributed by atoms with Crippen LogP contribution in [0.15, 0.2) is 36.4 Å². The first-order valence-corrected chi connectivity index (χ1v) is 6.98. The van der Waals surface area contributed by atoms with Crippen molar-refractivity contribution in [2.75, 3.05) is 12.4 Å². The molecule has 5 heteroatoms. The lowest BCUT2D eigenvalue weighted by molar-refractivity contribution is -0.115. The average molecular weight is 303 g/mol. The fourth-order valence-electron chi connectivity index (χ4n) is 2.52. The molecule has 1 unspecified atom stereocenters. The van der Waals surface area contributed by atoms with Gasteiger partial charge in [0.15, 0.2) is 0 Å². The first-order valence-electron chi connectivity index (χ1n) is 6.60. The molecule has 0 saturated heterocycles. The number of hydrogen-bond donors (Lipinski definition) is 2. The van der Waals surface area contributed by atoms with E-state index in [1.54, 1.807) is 13.2 Å². The minimum Gasteiger partial charge on any atom is -0.497 e. The van der Waals surface area contributed by atoms with E-state index in [0.29, 0.717) is 11.4 Å². The number of anilines is 1. The summed E-state index contributed by atoms with van der Waals surface area (Å²) in [6, 6.07) is 10.9. The van der Waals surface area contributed by atoms with Crippen molar-refractivity contribution in [3.05, 3.63) is 58.1 Å². The maximum Gasteiger partial charge on any atom is 0.228 e. The number of hydrogen-bond acceptors (Lipinski definition) is 3. The zero-order valence-electron chi connectivity index (χ0n) is 11.5. The molecule has 1 aliphatic heterocycles. The summed E-state index contributed by atoms with van der Waals surface area (Å²) in [7, 11) is 1.62. The number of methoxy groups -OCH3 is 1. The van der Waals surface area contributed by atoms with Crippen molar-refractivity contribution in [1.82, 2.24) is 0 Å². The Morgan fingerprint density at radius 2 is 2.14 bits per heavy atom. The van der Waals surface area contributed by atoms with Crippen LogP contribution in [-0.2, 0) is 11.2 Å². The predicted octanol–water partition coefficient (Wildman–Crippen LogP) is 2.89. The van der Waals surface area contributed by atoms with Crippen molar-refractivity contribution in [2.24, 2.45) is 5.73 Å². The molecule has 0 aliphatic carbocycles. The van der Waals surface area contributed by atoms with E-state index in [2.05, 4.69) is 5.32 Å². The molecule has 0 fully saturated rings. The second kappa shape index (κ2) is 5.39. The third kappa shape index (κ3) is 2.60. The molecule has 0 radical (unpaired) electrons. The van der Waals surface area contributed by atoms with Gasteiger partial charge in [-0.15, -0.1) is 0 Å². The topological polar surface area (TPSA) is 64.3 Å². The Balaban J connectivity index is 2.00. The van der Waals surface area contributed by atoms with Crippen LogP contribution in [0.3, 0.4) is 0 Å². The van der Waals surface area contributed by atoms with E-state index in [-0.39, 0.29) is 11.9 Å². The molecule has 4 nitrogen and oxygen atoms in total. The van der Waals surface area contributed by atoms with Crippen LogP contribution < -0.4 is 15.8 Å². The molecule has 1 amide bonds. The molecule has 1 atom stereocenters.